The first kappa shape index (κ1) is 23.9. The van der Waals surface area contributed by atoms with E-state index in [2.05, 4.69) is 17.4 Å². The predicted octanol–water partition coefficient (Wildman–Crippen LogP) is 6.75. The van der Waals surface area contributed by atoms with Crippen molar-refractivity contribution in [2.75, 3.05) is 11.9 Å². The number of benzene rings is 3. The van der Waals surface area contributed by atoms with Gasteiger partial charge in [-0.15, -0.1) is 0 Å². The summed E-state index contributed by atoms with van der Waals surface area (Å²) in [5, 5.41) is 2.96. The van der Waals surface area contributed by atoms with Crippen LogP contribution in [0.4, 0.5) is 5.69 Å². The number of carbonyl (C=O) groups is 2. The minimum Gasteiger partial charge on any atom is -0.326 e. The van der Waals surface area contributed by atoms with Gasteiger partial charge in [0.25, 0.3) is 5.91 Å². The molecule has 1 aliphatic heterocycles. The SMILES string of the molecule is O=C(CCCCCN1C(=O)C(=Cc2ccccc2)SC1=S)Nc1ccc(-c2ccccc2)cc1. The number of thiocarbonyl (C=S) groups is 1. The molecule has 4 rings (SSSR count). The lowest BCUT2D eigenvalue weighted by Crippen LogP contribution is -2.29. The average molecular weight is 487 g/mol. The van der Waals surface area contributed by atoms with Crippen molar-refractivity contribution in [1.82, 2.24) is 4.90 Å². The van der Waals surface area contributed by atoms with E-state index < -0.39 is 0 Å². The Morgan fingerprint density at radius 2 is 1.50 bits per heavy atom. The number of carbonyl (C=O) groups excluding carboxylic acids is 2. The van der Waals surface area contributed by atoms with E-state index >= 15 is 0 Å². The van der Waals surface area contributed by atoms with Crippen LogP contribution in [-0.4, -0.2) is 27.6 Å². The maximum Gasteiger partial charge on any atom is 0.266 e. The number of nitrogens with zero attached hydrogens (tertiary/aromatic N) is 1. The third kappa shape index (κ3) is 6.43. The molecule has 0 atom stereocenters. The van der Waals surface area contributed by atoms with Crippen LogP contribution in [-0.2, 0) is 9.59 Å². The fourth-order valence-corrected chi connectivity index (χ4v) is 5.03. The fraction of sp³-hybridized carbons (Fsp3) is 0.179. The lowest BCUT2D eigenvalue weighted by Gasteiger charge is -2.14. The monoisotopic (exact) mass is 486 g/mol. The summed E-state index contributed by atoms with van der Waals surface area (Å²) in [6, 6.07) is 27.8. The Morgan fingerprint density at radius 3 is 2.21 bits per heavy atom. The van der Waals surface area contributed by atoms with Crippen LogP contribution in [0.3, 0.4) is 0 Å². The van der Waals surface area contributed by atoms with Gasteiger partial charge in [0.1, 0.15) is 4.32 Å². The second-order valence-electron chi connectivity index (χ2n) is 8.05. The summed E-state index contributed by atoms with van der Waals surface area (Å²) in [6.07, 6.45) is 4.77. The lowest BCUT2D eigenvalue weighted by atomic mass is 10.1. The van der Waals surface area contributed by atoms with Crippen molar-refractivity contribution in [1.29, 1.82) is 0 Å². The van der Waals surface area contributed by atoms with E-state index in [0.717, 1.165) is 41.6 Å². The summed E-state index contributed by atoms with van der Waals surface area (Å²) < 4.78 is 0.601. The van der Waals surface area contributed by atoms with Gasteiger partial charge in [0.05, 0.1) is 4.91 Å². The molecule has 1 saturated heterocycles. The molecule has 0 unspecified atom stereocenters. The van der Waals surface area contributed by atoms with Gasteiger partial charge in [0.2, 0.25) is 5.91 Å². The van der Waals surface area contributed by atoms with Crippen molar-refractivity contribution in [2.45, 2.75) is 25.7 Å². The molecular formula is C28H26N2O2S2. The minimum atomic E-state index is -0.0319. The Balaban J connectivity index is 1.18. The smallest absolute Gasteiger partial charge is 0.266 e. The van der Waals surface area contributed by atoms with Gasteiger partial charge in [-0.2, -0.15) is 0 Å². The summed E-state index contributed by atoms with van der Waals surface area (Å²) in [4.78, 5) is 27.3. The van der Waals surface area contributed by atoms with Crippen LogP contribution in [0.5, 0.6) is 0 Å². The Hall–Kier alpha value is -3.22. The molecule has 6 heteroatoms. The lowest BCUT2D eigenvalue weighted by molar-refractivity contribution is -0.122. The second-order valence-corrected chi connectivity index (χ2v) is 9.72. The maximum absolute atomic E-state index is 12.7. The van der Waals surface area contributed by atoms with Crippen LogP contribution in [0.1, 0.15) is 31.2 Å². The summed E-state index contributed by atoms with van der Waals surface area (Å²) in [5.74, 6) is -0.0283. The Kier molecular flexibility index (Phi) is 8.28. The molecule has 3 aromatic carbocycles. The predicted molar refractivity (Wildman–Crippen MR) is 145 cm³/mol. The molecule has 0 saturated carbocycles. The number of hydrogen-bond donors (Lipinski definition) is 1. The molecule has 1 heterocycles. The summed E-state index contributed by atoms with van der Waals surface area (Å²) in [6.45, 7) is 0.583. The van der Waals surface area contributed by atoms with E-state index in [0.29, 0.717) is 22.2 Å². The first-order valence-electron chi connectivity index (χ1n) is 11.4. The topological polar surface area (TPSA) is 49.4 Å². The molecule has 0 spiro atoms. The molecule has 0 aliphatic carbocycles. The molecule has 34 heavy (non-hydrogen) atoms. The maximum atomic E-state index is 12.7. The largest absolute Gasteiger partial charge is 0.326 e. The number of amides is 2. The number of anilines is 1. The van der Waals surface area contributed by atoms with Gasteiger partial charge in [-0.1, -0.05) is 103 Å². The van der Waals surface area contributed by atoms with E-state index in [1.165, 1.54) is 11.8 Å². The normalized spacial score (nSPS) is 14.6. The quantitative estimate of drug-likeness (QED) is 0.206. The highest BCUT2D eigenvalue weighted by molar-refractivity contribution is 8.26. The van der Waals surface area contributed by atoms with Crippen molar-refractivity contribution >= 4 is 51.9 Å². The number of unbranched alkanes of at least 4 members (excludes halogenated alkanes) is 2. The summed E-state index contributed by atoms with van der Waals surface area (Å²) >= 11 is 6.76. The first-order chi connectivity index (χ1) is 16.6. The van der Waals surface area contributed by atoms with E-state index in [-0.39, 0.29) is 11.8 Å². The summed E-state index contributed by atoms with van der Waals surface area (Å²) in [5.41, 5.74) is 4.06. The zero-order valence-electron chi connectivity index (χ0n) is 18.8. The molecule has 1 aliphatic rings. The van der Waals surface area contributed by atoms with Crippen molar-refractivity contribution in [2.24, 2.45) is 0 Å². The van der Waals surface area contributed by atoms with Gasteiger partial charge >= 0.3 is 0 Å². The van der Waals surface area contributed by atoms with Crippen molar-refractivity contribution in [3.05, 3.63) is 95.4 Å². The highest BCUT2D eigenvalue weighted by atomic mass is 32.2. The molecular weight excluding hydrogens is 460 g/mol. The van der Waals surface area contributed by atoms with Gasteiger partial charge in [-0.05, 0) is 47.7 Å². The van der Waals surface area contributed by atoms with Crippen LogP contribution in [0, 0.1) is 0 Å². The molecule has 2 amide bonds. The van der Waals surface area contributed by atoms with Crippen LogP contribution in [0.25, 0.3) is 17.2 Å². The number of thioether (sulfide) groups is 1. The fourth-order valence-electron chi connectivity index (χ4n) is 3.73. The van der Waals surface area contributed by atoms with Crippen molar-refractivity contribution in [3.8, 4) is 11.1 Å². The number of nitrogens with one attached hydrogen (secondary N) is 1. The van der Waals surface area contributed by atoms with Gasteiger partial charge in [0, 0.05) is 18.7 Å². The van der Waals surface area contributed by atoms with E-state index in [9.17, 15) is 9.59 Å². The third-order valence-electron chi connectivity index (χ3n) is 5.53. The molecule has 1 N–H and O–H groups in total. The highest BCUT2D eigenvalue weighted by Crippen LogP contribution is 2.32. The second kappa shape index (κ2) is 11.8. The zero-order chi connectivity index (χ0) is 23.8. The van der Waals surface area contributed by atoms with Crippen LogP contribution in [0.15, 0.2) is 89.8 Å². The van der Waals surface area contributed by atoms with Crippen LogP contribution in [0.2, 0.25) is 0 Å². The average Bonchev–Trinajstić information content (AvgIpc) is 3.12. The molecule has 172 valence electrons. The summed E-state index contributed by atoms with van der Waals surface area (Å²) in [7, 11) is 0. The Bertz CT molecular complexity index is 1180. The van der Waals surface area contributed by atoms with Gasteiger partial charge in [-0.25, -0.2) is 0 Å². The minimum absolute atomic E-state index is 0.00358. The van der Waals surface area contributed by atoms with Gasteiger partial charge in [-0.3, -0.25) is 14.5 Å². The number of hydrogen-bond acceptors (Lipinski definition) is 4. The standard InChI is InChI=1S/C28H26N2O2S2/c31-26(29-24-17-15-23(16-18-24)22-12-6-2-7-13-22)14-8-3-9-19-30-27(32)25(34-28(30)33)20-21-10-4-1-5-11-21/h1-2,4-7,10-13,15-18,20H,3,8-9,14,19H2,(H,29,31). The molecule has 0 bridgehead atoms. The third-order valence-corrected chi connectivity index (χ3v) is 6.91. The Morgan fingerprint density at radius 1 is 0.853 bits per heavy atom. The van der Waals surface area contributed by atoms with Gasteiger partial charge < -0.3 is 5.32 Å². The molecule has 3 aromatic rings. The van der Waals surface area contributed by atoms with Crippen molar-refractivity contribution in [3.63, 3.8) is 0 Å². The Labute approximate surface area is 210 Å². The molecule has 0 radical (unpaired) electrons. The molecule has 4 nitrogen and oxygen atoms in total. The number of rotatable bonds is 9. The zero-order valence-corrected chi connectivity index (χ0v) is 20.4. The van der Waals surface area contributed by atoms with E-state index in [1.807, 2.05) is 78.9 Å². The highest BCUT2D eigenvalue weighted by Gasteiger charge is 2.31. The van der Waals surface area contributed by atoms with Crippen LogP contribution < -0.4 is 5.32 Å². The molecule has 0 aromatic heterocycles. The van der Waals surface area contributed by atoms with Crippen LogP contribution >= 0.6 is 24.0 Å². The first-order valence-corrected chi connectivity index (χ1v) is 12.6. The molecule has 1 fully saturated rings. The van der Waals surface area contributed by atoms with E-state index in [4.69, 9.17) is 12.2 Å². The van der Waals surface area contributed by atoms with E-state index in [1.54, 1.807) is 4.90 Å². The van der Waals surface area contributed by atoms with Crippen molar-refractivity contribution < 1.29 is 9.59 Å². The van der Waals surface area contributed by atoms with Gasteiger partial charge in [0.15, 0.2) is 0 Å².